The Labute approximate surface area is 145 Å². The molecule has 4 rings (SSSR count). The summed E-state index contributed by atoms with van der Waals surface area (Å²) in [5, 5.41) is 18.5. The van der Waals surface area contributed by atoms with E-state index in [-0.39, 0.29) is 35.9 Å². The van der Waals surface area contributed by atoms with Gasteiger partial charge in [0.05, 0.1) is 18.9 Å². The van der Waals surface area contributed by atoms with Gasteiger partial charge in [0, 0.05) is 6.04 Å². The number of rotatable bonds is 4. The molecule has 1 aliphatic heterocycles. The van der Waals surface area contributed by atoms with Gasteiger partial charge in [0.2, 0.25) is 5.95 Å². The molecule has 1 saturated carbocycles. The Hall–Kier alpha value is -2.95. The Morgan fingerprint density at radius 1 is 1.42 bits per heavy atom. The molecule has 1 aliphatic carbocycles. The number of carboxylic acids is 2. The number of nitrogens with two attached hydrogens (primary N) is 1. The van der Waals surface area contributed by atoms with Crippen LogP contribution in [0.25, 0.3) is 11.2 Å². The third kappa shape index (κ3) is 2.43. The predicted octanol–water partition coefficient (Wildman–Crippen LogP) is -0.260. The zero-order valence-electron chi connectivity index (χ0n) is 13.6. The highest BCUT2D eigenvalue weighted by Crippen LogP contribution is 2.49. The van der Waals surface area contributed by atoms with Crippen LogP contribution >= 0.6 is 0 Å². The Bertz CT molecular complexity index is 951. The Morgan fingerprint density at radius 3 is 2.85 bits per heavy atom. The summed E-state index contributed by atoms with van der Waals surface area (Å²) in [7, 11) is 0. The molecule has 1 saturated heterocycles. The van der Waals surface area contributed by atoms with Crippen molar-refractivity contribution in [3.05, 3.63) is 16.7 Å². The number of nitrogens with one attached hydrogen (secondary N) is 1. The molecule has 5 N–H and O–H groups in total. The molecular formula is C15H17N5O6. The molecule has 2 aliphatic rings. The number of H-pyrrole nitrogens is 1. The maximum absolute atomic E-state index is 11.9. The number of nitrogens with zero attached hydrogens (tertiary/aromatic N) is 3. The number of aromatic nitrogens is 4. The van der Waals surface area contributed by atoms with Gasteiger partial charge in [-0.2, -0.15) is 4.98 Å². The molecule has 2 aromatic heterocycles. The third-order valence-corrected chi connectivity index (χ3v) is 5.24. The number of hydrogen-bond acceptors (Lipinski definition) is 7. The lowest BCUT2D eigenvalue weighted by atomic mass is 9.89. The van der Waals surface area contributed by atoms with Crippen molar-refractivity contribution < 1.29 is 24.5 Å². The smallest absolute Gasteiger partial charge is 0.336 e. The summed E-state index contributed by atoms with van der Waals surface area (Å²) in [5.41, 5.74) is 4.05. The van der Waals surface area contributed by atoms with E-state index >= 15 is 0 Å². The minimum Gasteiger partial charge on any atom is -0.481 e. The molecule has 11 nitrogen and oxygen atoms in total. The van der Waals surface area contributed by atoms with E-state index in [0.717, 1.165) is 0 Å². The summed E-state index contributed by atoms with van der Waals surface area (Å²) in [6, 6.07) is -0.0830. The van der Waals surface area contributed by atoms with Crippen molar-refractivity contribution in [3.63, 3.8) is 0 Å². The van der Waals surface area contributed by atoms with E-state index in [9.17, 15) is 19.5 Å². The first-order chi connectivity index (χ1) is 12.3. The van der Waals surface area contributed by atoms with Crippen LogP contribution in [0.4, 0.5) is 5.95 Å². The number of carboxylic acid groups (broad SMARTS) is 2. The number of anilines is 1. The predicted molar refractivity (Wildman–Crippen MR) is 86.4 cm³/mol. The average Bonchev–Trinajstić information content (AvgIpc) is 3.17. The van der Waals surface area contributed by atoms with Crippen LogP contribution in [0.2, 0.25) is 0 Å². The van der Waals surface area contributed by atoms with Crippen molar-refractivity contribution in [3.8, 4) is 0 Å². The maximum Gasteiger partial charge on any atom is 0.336 e. The van der Waals surface area contributed by atoms with Gasteiger partial charge in [0.15, 0.2) is 16.8 Å². The highest BCUT2D eigenvalue weighted by atomic mass is 16.5. The lowest BCUT2D eigenvalue weighted by Gasteiger charge is -2.24. The van der Waals surface area contributed by atoms with Crippen molar-refractivity contribution >= 4 is 29.1 Å². The maximum atomic E-state index is 11.9. The summed E-state index contributed by atoms with van der Waals surface area (Å²) in [6.07, 6.45) is 1.78. The van der Waals surface area contributed by atoms with E-state index in [1.807, 2.05) is 0 Å². The van der Waals surface area contributed by atoms with E-state index in [1.165, 1.54) is 6.33 Å². The van der Waals surface area contributed by atoms with Crippen LogP contribution in [-0.2, 0) is 14.3 Å². The fourth-order valence-electron chi connectivity index (χ4n) is 4.19. The first kappa shape index (κ1) is 16.5. The molecule has 0 amide bonds. The van der Waals surface area contributed by atoms with Crippen LogP contribution in [0.3, 0.4) is 0 Å². The van der Waals surface area contributed by atoms with Crippen molar-refractivity contribution in [2.75, 3.05) is 5.73 Å². The lowest BCUT2D eigenvalue weighted by Crippen LogP contribution is -2.41. The molecule has 4 atom stereocenters. The molecule has 0 radical (unpaired) electrons. The second-order valence-electron chi connectivity index (χ2n) is 6.89. The summed E-state index contributed by atoms with van der Waals surface area (Å²) in [4.78, 5) is 45.1. The standard InChI is InChI=1S/C15H17N5O6/c16-14-18-11-10(12(23)19-14)17-5-20(11)7-1-6-3-15(13(24)25,4-9(21)22)26-8(6)2-7/h5-8H,1-4H2,(H,21,22)(H,24,25)(H3,16,18,19,23)/t6-,7+,8-,15-/m0/s1. The fraction of sp³-hybridized carbons (Fsp3) is 0.533. The molecule has 0 spiro atoms. The second kappa shape index (κ2) is 5.53. The Kier molecular flexibility index (Phi) is 3.51. The molecule has 0 bridgehead atoms. The average molecular weight is 363 g/mol. The number of hydrogen-bond donors (Lipinski definition) is 4. The monoisotopic (exact) mass is 363 g/mol. The number of ether oxygens (including phenoxy) is 1. The van der Waals surface area contributed by atoms with Gasteiger partial charge >= 0.3 is 11.9 Å². The minimum absolute atomic E-state index is 0.00922. The van der Waals surface area contributed by atoms with Crippen LogP contribution in [-0.4, -0.2) is 53.4 Å². The van der Waals surface area contributed by atoms with E-state index in [2.05, 4.69) is 15.0 Å². The largest absolute Gasteiger partial charge is 0.481 e. The topological polar surface area (TPSA) is 173 Å². The SMILES string of the molecule is Nc1nc2c(ncn2[C@@H]2C[C@H]3C[C@](CC(=O)O)(C(=O)O)O[C@H]3C2)c(=O)[nH]1. The van der Waals surface area contributed by atoms with E-state index in [1.54, 1.807) is 4.57 Å². The summed E-state index contributed by atoms with van der Waals surface area (Å²) in [6.45, 7) is 0. The van der Waals surface area contributed by atoms with Crippen LogP contribution in [0.1, 0.15) is 31.7 Å². The summed E-state index contributed by atoms with van der Waals surface area (Å²) in [5.74, 6) is -2.55. The van der Waals surface area contributed by atoms with E-state index in [4.69, 9.17) is 15.6 Å². The molecule has 3 heterocycles. The Balaban J connectivity index is 1.60. The van der Waals surface area contributed by atoms with Crippen molar-refractivity contribution in [1.82, 2.24) is 19.5 Å². The highest BCUT2D eigenvalue weighted by molar-refractivity contribution is 5.84. The molecular weight excluding hydrogens is 346 g/mol. The lowest BCUT2D eigenvalue weighted by molar-refractivity contribution is -0.171. The molecule has 2 fully saturated rings. The normalized spacial score (nSPS) is 30.5. The quantitative estimate of drug-likeness (QED) is 0.570. The first-order valence-corrected chi connectivity index (χ1v) is 8.14. The zero-order chi connectivity index (χ0) is 18.6. The van der Waals surface area contributed by atoms with Gasteiger partial charge in [-0.3, -0.25) is 14.6 Å². The molecule has 2 aromatic rings. The van der Waals surface area contributed by atoms with Crippen LogP contribution < -0.4 is 11.3 Å². The molecule has 26 heavy (non-hydrogen) atoms. The highest BCUT2D eigenvalue weighted by Gasteiger charge is 2.56. The number of carbonyl (C=O) groups is 2. The van der Waals surface area contributed by atoms with Gasteiger partial charge in [0.25, 0.3) is 5.56 Å². The number of fused-ring (bicyclic) bond motifs is 2. The van der Waals surface area contributed by atoms with Crippen LogP contribution in [0.5, 0.6) is 0 Å². The van der Waals surface area contributed by atoms with Gasteiger partial charge < -0.3 is 25.3 Å². The van der Waals surface area contributed by atoms with Crippen molar-refractivity contribution in [2.24, 2.45) is 5.92 Å². The van der Waals surface area contributed by atoms with Crippen molar-refractivity contribution in [2.45, 2.75) is 43.4 Å². The Morgan fingerprint density at radius 2 is 2.19 bits per heavy atom. The van der Waals surface area contributed by atoms with Gasteiger partial charge in [0.1, 0.15) is 0 Å². The number of aromatic amines is 1. The summed E-state index contributed by atoms with van der Waals surface area (Å²) < 4.78 is 7.46. The van der Waals surface area contributed by atoms with Gasteiger partial charge in [-0.05, 0) is 25.2 Å². The third-order valence-electron chi connectivity index (χ3n) is 5.24. The molecule has 0 aromatic carbocycles. The number of aliphatic carboxylic acids is 2. The molecule has 11 heteroatoms. The molecule has 138 valence electrons. The van der Waals surface area contributed by atoms with Gasteiger partial charge in [-0.15, -0.1) is 0 Å². The van der Waals surface area contributed by atoms with E-state index < -0.39 is 29.5 Å². The summed E-state index contributed by atoms with van der Waals surface area (Å²) >= 11 is 0. The van der Waals surface area contributed by atoms with E-state index in [0.29, 0.717) is 18.5 Å². The van der Waals surface area contributed by atoms with Crippen molar-refractivity contribution in [1.29, 1.82) is 0 Å². The van der Waals surface area contributed by atoms with Crippen LogP contribution in [0.15, 0.2) is 11.1 Å². The fourth-order valence-corrected chi connectivity index (χ4v) is 4.19. The van der Waals surface area contributed by atoms with Crippen LogP contribution in [0, 0.1) is 5.92 Å². The van der Waals surface area contributed by atoms with Gasteiger partial charge in [-0.25, -0.2) is 9.78 Å². The molecule has 0 unspecified atom stereocenters. The second-order valence-corrected chi connectivity index (χ2v) is 6.89. The number of imidazole rings is 1. The number of nitrogen functional groups attached to an aromatic ring is 1. The minimum atomic E-state index is -1.68. The zero-order valence-corrected chi connectivity index (χ0v) is 13.6. The first-order valence-electron chi connectivity index (χ1n) is 8.14. The van der Waals surface area contributed by atoms with Gasteiger partial charge in [-0.1, -0.05) is 0 Å².